The van der Waals surface area contributed by atoms with E-state index < -0.39 is 21.9 Å². The van der Waals surface area contributed by atoms with Gasteiger partial charge < -0.3 is 14.8 Å². The van der Waals surface area contributed by atoms with Crippen LogP contribution in [0.25, 0.3) is 0 Å². The van der Waals surface area contributed by atoms with Gasteiger partial charge >= 0.3 is 5.97 Å². The number of rotatable bonds is 5. The number of carboxylic acids is 1. The van der Waals surface area contributed by atoms with Crippen molar-refractivity contribution in [1.29, 1.82) is 0 Å². The predicted octanol–water partition coefficient (Wildman–Crippen LogP) is 2.41. The number of sulfonamides is 1. The SMILES string of the molecule is Cc1cc(C)c(C(=O)O)cc1NC(=O)c1cc(S(=O)(=O)N(C)C)oc1C. The highest BCUT2D eigenvalue weighted by atomic mass is 32.2. The molecular formula is C17H20N2O6S. The molecule has 0 aliphatic heterocycles. The summed E-state index contributed by atoms with van der Waals surface area (Å²) in [6, 6.07) is 4.18. The van der Waals surface area contributed by atoms with Crippen molar-refractivity contribution in [2.45, 2.75) is 25.9 Å². The highest BCUT2D eigenvalue weighted by molar-refractivity contribution is 7.88. The van der Waals surface area contributed by atoms with Gasteiger partial charge in [0.1, 0.15) is 5.76 Å². The number of nitrogens with one attached hydrogen (secondary N) is 1. The summed E-state index contributed by atoms with van der Waals surface area (Å²) in [6.07, 6.45) is 0. The number of aryl methyl sites for hydroxylation is 3. The topological polar surface area (TPSA) is 117 Å². The molecule has 0 saturated carbocycles. The summed E-state index contributed by atoms with van der Waals surface area (Å²) in [5.74, 6) is -1.54. The molecule has 0 bridgehead atoms. The first-order valence-electron chi connectivity index (χ1n) is 7.64. The summed E-state index contributed by atoms with van der Waals surface area (Å²) < 4.78 is 30.5. The van der Waals surface area contributed by atoms with E-state index in [-0.39, 0.29) is 22.0 Å². The molecule has 1 aromatic carbocycles. The molecule has 0 radical (unpaired) electrons. The average Bonchev–Trinajstić information content (AvgIpc) is 2.92. The van der Waals surface area contributed by atoms with E-state index in [2.05, 4.69) is 5.32 Å². The second-order valence-electron chi connectivity index (χ2n) is 6.06. The molecule has 140 valence electrons. The standard InChI is InChI=1S/C17H20N2O6S/c1-9-6-10(2)14(7-12(9)17(21)22)18-16(20)13-8-15(25-11(13)3)26(23,24)19(4)5/h6-8H,1-5H3,(H,18,20)(H,21,22). The maximum Gasteiger partial charge on any atom is 0.336 e. The van der Waals surface area contributed by atoms with Gasteiger partial charge in [0.15, 0.2) is 0 Å². The Kier molecular flexibility index (Phi) is 5.24. The molecule has 0 fully saturated rings. The Morgan fingerprint density at radius 1 is 1.04 bits per heavy atom. The Balaban J connectivity index is 2.39. The van der Waals surface area contributed by atoms with Gasteiger partial charge in [0.25, 0.3) is 15.9 Å². The fraction of sp³-hybridized carbons (Fsp3) is 0.294. The Bertz CT molecular complexity index is 989. The third-order valence-corrected chi connectivity index (χ3v) is 5.60. The molecule has 0 spiro atoms. The monoisotopic (exact) mass is 380 g/mol. The van der Waals surface area contributed by atoms with Crippen LogP contribution >= 0.6 is 0 Å². The molecule has 2 N–H and O–H groups in total. The van der Waals surface area contributed by atoms with Crippen LogP contribution in [0.3, 0.4) is 0 Å². The van der Waals surface area contributed by atoms with E-state index in [1.54, 1.807) is 19.9 Å². The summed E-state index contributed by atoms with van der Waals surface area (Å²) in [5.41, 5.74) is 1.72. The summed E-state index contributed by atoms with van der Waals surface area (Å²) in [7, 11) is -1.09. The van der Waals surface area contributed by atoms with Gasteiger partial charge in [0.2, 0.25) is 5.09 Å². The van der Waals surface area contributed by atoms with Crippen LogP contribution in [-0.2, 0) is 10.0 Å². The Hall–Kier alpha value is -2.65. The zero-order valence-electron chi connectivity index (χ0n) is 15.1. The number of furan rings is 1. The van der Waals surface area contributed by atoms with Crippen molar-refractivity contribution in [3.8, 4) is 0 Å². The summed E-state index contributed by atoms with van der Waals surface area (Å²) >= 11 is 0. The lowest BCUT2D eigenvalue weighted by atomic mass is 10.0. The molecule has 0 saturated heterocycles. The van der Waals surface area contributed by atoms with Crippen molar-refractivity contribution in [2.24, 2.45) is 0 Å². The molecule has 1 aromatic heterocycles. The lowest BCUT2D eigenvalue weighted by Gasteiger charge is -2.11. The maximum absolute atomic E-state index is 12.5. The number of amides is 1. The fourth-order valence-electron chi connectivity index (χ4n) is 2.39. The van der Waals surface area contributed by atoms with Crippen molar-refractivity contribution in [3.63, 3.8) is 0 Å². The van der Waals surface area contributed by atoms with Gasteiger partial charge in [-0.1, -0.05) is 6.07 Å². The molecule has 2 aromatic rings. The van der Waals surface area contributed by atoms with Crippen molar-refractivity contribution < 1.29 is 27.5 Å². The van der Waals surface area contributed by atoms with Gasteiger partial charge in [-0.3, -0.25) is 4.79 Å². The van der Waals surface area contributed by atoms with E-state index in [0.717, 1.165) is 10.4 Å². The Labute approximate surface area is 151 Å². The zero-order valence-corrected chi connectivity index (χ0v) is 15.9. The van der Waals surface area contributed by atoms with Gasteiger partial charge in [0, 0.05) is 25.8 Å². The summed E-state index contributed by atoms with van der Waals surface area (Å²) in [4.78, 5) is 23.8. The first-order chi connectivity index (χ1) is 11.9. The Morgan fingerprint density at radius 2 is 1.65 bits per heavy atom. The highest BCUT2D eigenvalue weighted by Gasteiger charge is 2.26. The largest absolute Gasteiger partial charge is 0.478 e. The quantitative estimate of drug-likeness (QED) is 0.823. The number of benzene rings is 1. The average molecular weight is 380 g/mol. The lowest BCUT2D eigenvalue weighted by molar-refractivity contribution is 0.0695. The first-order valence-corrected chi connectivity index (χ1v) is 9.08. The molecule has 8 nitrogen and oxygen atoms in total. The van der Waals surface area contributed by atoms with E-state index >= 15 is 0 Å². The van der Waals surface area contributed by atoms with Crippen molar-refractivity contribution >= 4 is 27.6 Å². The zero-order chi connectivity index (χ0) is 19.8. The minimum absolute atomic E-state index is 0.0577. The molecular weight excluding hydrogens is 360 g/mol. The summed E-state index contributed by atoms with van der Waals surface area (Å²) in [6.45, 7) is 4.88. The molecule has 1 heterocycles. The molecule has 0 atom stereocenters. The van der Waals surface area contributed by atoms with Crippen LogP contribution in [0, 0.1) is 20.8 Å². The van der Waals surface area contributed by atoms with Crippen LogP contribution in [0.2, 0.25) is 0 Å². The normalized spacial score (nSPS) is 11.6. The molecule has 0 aliphatic rings. The van der Waals surface area contributed by atoms with Crippen LogP contribution in [0.15, 0.2) is 27.7 Å². The number of aromatic carboxylic acids is 1. The van der Waals surface area contributed by atoms with Gasteiger partial charge in [-0.2, -0.15) is 0 Å². The van der Waals surface area contributed by atoms with Crippen LogP contribution in [0.4, 0.5) is 5.69 Å². The number of carbonyl (C=O) groups is 2. The van der Waals surface area contributed by atoms with Crippen LogP contribution in [-0.4, -0.2) is 43.8 Å². The van der Waals surface area contributed by atoms with Crippen LogP contribution in [0.5, 0.6) is 0 Å². The number of hydrogen-bond donors (Lipinski definition) is 2. The molecule has 1 amide bonds. The van der Waals surface area contributed by atoms with E-state index in [1.165, 1.54) is 27.1 Å². The van der Waals surface area contributed by atoms with Crippen molar-refractivity contribution in [2.75, 3.05) is 19.4 Å². The Morgan fingerprint density at radius 3 is 2.19 bits per heavy atom. The molecule has 2 rings (SSSR count). The van der Waals surface area contributed by atoms with E-state index in [0.29, 0.717) is 16.8 Å². The van der Waals surface area contributed by atoms with Gasteiger partial charge in [-0.25, -0.2) is 17.5 Å². The van der Waals surface area contributed by atoms with Crippen LogP contribution in [0.1, 0.15) is 37.6 Å². The molecule has 26 heavy (non-hydrogen) atoms. The lowest BCUT2D eigenvalue weighted by Crippen LogP contribution is -2.21. The smallest absolute Gasteiger partial charge is 0.336 e. The van der Waals surface area contributed by atoms with Crippen molar-refractivity contribution in [1.82, 2.24) is 4.31 Å². The third kappa shape index (κ3) is 3.63. The highest BCUT2D eigenvalue weighted by Crippen LogP contribution is 2.25. The second-order valence-corrected chi connectivity index (χ2v) is 8.15. The van der Waals surface area contributed by atoms with Crippen molar-refractivity contribution in [3.05, 3.63) is 46.2 Å². The number of nitrogens with zero attached hydrogens (tertiary/aromatic N) is 1. The molecule has 0 aliphatic carbocycles. The number of anilines is 1. The first kappa shape index (κ1) is 19.7. The van der Waals surface area contributed by atoms with E-state index in [1.807, 2.05) is 0 Å². The fourth-order valence-corrected chi connectivity index (χ4v) is 3.25. The van der Waals surface area contributed by atoms with Crippen LogP contribution < -0.4 is 5.32 Å². The minimum atomic E-state index is -3.81. The number of hydrogen-bond acceptors (Lipinski definition) is 5. The molecule has 9 heteroatoms. The molecule has 0 unspecified atom stereocenters. The summed E-state index contributed by atoms with van der Waals surface area (Å²) in [5, 5.41) is 11.5. The minimum Gasteiger partial charge on any atom is -0.478 e. The van der Waals surface area contributed by atoms with Gasteiger partial charge in [-0.05, 0) is 38.0 Å². The van der Waals surface area contributed by atoms with Gasteiger partial charge in [0.05, 0.1) is 11.1 Å². The number of carboxylic acid groups (broad SMARTS) is 1. The third-order valence-electron chi connectivity index (χ3n) is 3.92. The maximum atomic E-state index is 12.5. The predicted molar refractivity (Wildman–Crippen MR) is 95.1 cm³/mol. The van der Waals surface area contributed by atoms with E-state index in [9.17, 15) is 23.1 Å². The van der Waals surface area contributed by atoms with E-state index in [4.69, 9.17) is 4.42 Å². The second kappa shape index (κ2) is 6.93. The number of carbonyl (C=O) groups excluding carboxylic acids is 1. The van der Waals surface area contributed by atoms with Gasteiger partial charge in [-0.15, -0.1) is 0 Å².